The van der Waals surface area contributed by atoms with Gasteiger partial charge >= 0.3 is 0 Å². The molecular weight excluding hydrogens is 239 g/mol. The van der Waals surface area contributed by atoms with E-state index in [4.69, 9.17) is 20.9 Å². The zero-order chi connectivity index (χ0) is 13.7. The molecule has 18 heavy (non-hydrogen) atoms. The first-order valence-corrected chi connectivity index (χ1v) is 5.45. The average Bonchev–Trinajstić information content (AvgIpc) is 2.35. The Labute approximate surface area is 105 Å². The number of primary amides is 1. The number of methoxy groups -OCH3 is 2. The van der Waals surface area contributed by atoms with E-state index in [0.29, 0.717) is 11.5 Å². The fourth-order valence-electron chi connectivity index (χ4n) is 1.61. The van der Waals surface area contributed by atoms with Crippen LogP contribution in [-0.2, 0) is 4.79 Å². The highest BCUT2D eigenvalue weighted by atomic mass is 19.1. The largest absolute Gasteiger partial charge is 0.493 e. The highest BCUT2D eigenvalue weighted by molar-refractivity contribution is 5.73. The number of nitrogens with two attached hydrogens (primary N) is 2. The van der Waals surface area contributed by atoms with E-state index < -0.39 is 17.8 Å². The van der Waals surface area contributed by atoms with Gasteiger partial charge in [0.25, 0.3) is 0 Å². The normalized spacial score (nSPS) is 12.0. The Bertz CT molecular complexity index is 438. The number of rotatable bonds is 6. The number of ether oxygens (including phenoxy) is 2. The maximum atomic E-state index is 13.8. The number of hydrogen-bond donors (Lipinski definition) is 2. The van der Waals surface area contributed by atoms with Crippen molar-refractivity contribution in [1.82, 2.24) is 0 Å². The van der Waals surface area contributed by atoms with E-state index in [-0.39, 0.29) is 18.4 Å². The lowest BCUT2D eigenvalue weighted by molar-refractivity contribution is -0.118. The highest BCUT2D eigenvalue weighted by Gasteiger charge is 2.17. The van der Waals surface area contributed by atoms with Crippen molar-refractivity contribution >= 4 is 5.91 Å². The van der Waals surface area contributed by atoms with Crippen LogP contribution >= 0.6 is 0 Å². The van der Waals surface area contributed by atoms with Crippen molar-refractivity contribution in [3.8, 4) is 11.5 Å². The summed E-state index contributed by atoms with van der Waals surface area (Å²) in [6, 6.07) is 2.07. The summed E-state index contributed by atoms with van der Waals surface area (Å²) < 4.78 is 23.8. The maximum Gasteiger partial charge on any atom is 0.217 e. The highest BCUT2D eigenvalue weighted by Crippen LogP contribution is 2.32. The molecule has 1 atom stereocenters. The fraction of sp³-hybridized carbons (Fsp3) is 0.417. The van der Waals surface area contributed by atoms with E-state index >= 15 is 0 Å². The number of benzene rings is 1. The Morgan fingerprint density at radius 3 is 2.39 bits per heavy atom. The van der Waals surface area contributed by atoms with E-state index in [9.17, 15) is 9.18 Å². The summed E-state index contributed by atoms with van der Waals surface area (Å²) in [5.74, 6) is -0.278. The molecule has 0 fully saturated rings. The third-order valence-corrected chi connectivity index (χ3v) is 2.60. The molecule has 5 nitrogen and oxygen atoms in total. The standard InChI is InChI=1S/C12H17FN2O3/c1-17-10-5-7(8(13)6-11(10)18-2)9(14)3-4-12(15)16/h5-6,9H,3-4,14H2,1-2H3,(H2,15,16). The van der Waals surface area contributed by atoms with Gasteiger partial charge in [0, 0.05) is 24.1 Å². The topological polar surface area (TPSA) is 87.6 Å². The van der Waals surface area contributed by atoms with Crippen molar-refractivity contribution in [1.29, 1.82) is 0 Å². The van der Waals surface area contributed by atoms with E-state index in [0.717, 1.165) is 0 Å². The first-order valence-electron chi connectivity index (χ1n) is 5.45. The molecule has 0 saturated heterocycles. The lowest BCUT2D eigenvalue weighted by Gasteiger charge is -2.15. The number of amides is 1. The monoisotopic (exact) mass is 256 g/mol. The summed E-state index contributed by atoms with van der Waals surface area (Å²) in [6.07, 6.45) is 0.386. The van der Waals surface area contributed by atoms with Gasteiger partial charge in [-0.15, -0.1) is 0 Å². The Morgan fingerprint density at radius 2 is 1.89 bits per heavy atom. The van der Waals surface area contributed by atoms with Crippen LogP contribution < -0.4 is 20.9 Å². The van der Waals surface area contributed by atoms with Crippen LogP contribution in [0.25, 0.3) is 0 Å². The first kappa shape index (κ1) is 14.2. The van der Waals surface area contributed by atoms with Crippen LogP contribution in [0.2, 0.25) is 0 Å². The molecule has 4 N–H and O–H groups in total. The Morgan fingerprint density at radius 1 is 1.33 bits per heavy atom. The Balaban J connectivity index is 2.97. The predicted molar refractivity (Wildman–Crippen MR) is 64.9 cm³/mol. The summed E-state index contributed by atoms with van der Waals surface area (Å²) in [4.78, 5) is 10.7. The quantitative estimate of drug-likeness (QED) is 0.798. The summed E-state index contributed by atoms with van der Waals surface area (Å²) in [7, 11) is 2.87. The van der Waals surface area contributed by atoms with Gasteiger partial charge in [-0.2, -0.15) is 0 Å². The molecule has 0 bridgehead atoms. The SMILES string of the molecule is COc1cc(F)c(C(N)CCC(N)=O)cc1OC. The van der Waals surface area contributed by atoms with Crippen molar-refractivity contribution in [3.05, 3.63) is 23.5 Å². The van der Waals surface area contributed by atoms with Crippen molar-refractivity contribution in [2.45, 2.75) is 18.9 Å². The second-order valence-corrected chi connectivity index (χ2v) is 3.84. The lowest BCUT2D eigenvalue weighted by Crippen LogP contribution is -2.17. The Kier molecular flexibility index (Phi) is 4.91. The second-order valence-electron chi connectivity index (χ2n) is 3.84. The predicted octanol–water partition coefficient (Wildman–Crippen LogP) is 1.11. The molecular formula is C12H17FN2O3. The van der Waals surface area contributed by atoms with Gasteiger partial charge in [0.05, 0.1) is 14.2 Å². The minimum atomic E-state index is -0.614. The number of hydrogen-bond acceptors (Lipinski definition) is 4. The zero-order valence-electron chi connectivity index (χ0n) is 10.4. The smallest absolute Gasteiger partial charge is 0.217 e. The first-order chi connectivity index (χ1) is 8.49. The number of carbonyl (C=O) groups is 1. The third kappa shape index (κ3) is 3.33. The van der Waals surface area contributed by atoms with Crippen LogP contribution in [0, 0.1) is 5.82 Å². The van der Waals surface area contributed by atoms with Crippen molar-refractivity contribution < 1.29 is 18.7 Å². The van der Waals surface area contributed by atoms with E-state index in [2.05, 4.69) is 0 Å². The van der Waals surface area contributed by atoms with Gasteiger partial charge in [0.2, 0.25) is 5.91 Å². The molecule has 0 aliphatic rings. The molecule has 0 heterocycles. The number of halogens is 1. The number of carbonyl (C=O) groups excluding carboxylic acids is 1. The molecule has 0 aliphatic carbocycles. The van der Waals surface area contributed by atoms with Gasteiger partial charge in [-0.1, -0.05) is 0 Å². The van der Waals surface area contributed by atoms with Gasteiger partial charge in [-0.3, -0.25) is 4.79 Å². The minimum absolute atomic E-state index is 0.106. The molecule has 6 heteroatoms. The molecule has 1 unspecified atom stereocenters. The minimum Gasteiger partial charge on any atom is -0.493 e. The molecule has 0 spiro atoms. The average molecular weight is 256 g/mol. The molecule has 0 aromatic heterocycles. The van der Waals surface area contributed by atoms with Crippen molar-refractivity contribution in [2.24, 2.45) is 11.5 Å². The van der Waals surface area contributed by atoms with Crippen LogP contribution in [0.1, 0.15) is 24.4 Å². The summed E-state index contributed by atoms with van der Waals surface area (Å²) in [6.45, 7) is 0. The van der Waals surface area contributed by atoms with Crippen LogP contribution in [0.15, 0.2) is 12.1 Å². The molecule has 0 saturated carbocycles. The summed E-state index contributed by atoms with van der Waals surface area (Å²) in [5, 5.41) is 0. The van der Waals surface area contributed by atoms with Gasteiger partial charge in [0.1, 0.15) is 5.82 Å². The van der Waals surface area contributed by atoms with Crippen molar-refractivity contribution in [2.75, 3.05) is 14.2 Å². The van der Waals surface area contributed by atoms with E-state index in [1.807, 2.05) is 0 Å². The Hall–Kier alpha value is -1.82. The summed E-state index contributed by atoms with van der Waals surface area (Å²) in [5.41, 5.74) is 11.1. The van der Waals surface area contributed by atoms with Crippen molar-refractivity contribution in [3.63, 3.8) is 0 Å². The third-order valence-electron chi connectivity index (χ3n) is 2.60. The molecule has 1 amide bonds. The van der Waals surface area contributed by atoms with Crippen LogP contribution in [0.3, 0.4) is 0 Å². The van der Waals surface area contributed by atoms with E-state index in [1.54, 1.807) is 0 Å². The molecule has 1 aromatic rings. The fourth-order valence-corrected chi connectivity index (χ4v) is 1.61. The van der Waals surface area contributed by atoms with Gasteiger partial charge in [-0.05, 0) is 12.5 Å². The van der Waals surface area contributed by atoms with Crippen LogP contribution in [0.4, 0.5) is 4.39 Å². The van der Waals surface area contributed by atoms with Crippen LogP contribution in [-0.4, -0.2) is 20.1 Å². The molecule has 100 valence electrons. The lowest BCUT2D eigenvalue weighted by atomic mass is 10.0. The van der Waals surface area contributed by atoms with Gasteiger partial charge < -0.3 is 20.9 Å². The van der Waals surface area contributed by atoms with Gasteiger partial charge in [-0.25, -0.2) is 4.39 Å². The summed E-state index contributed by atoms with van der Waals surface area (Å²) >= 11 is 0. The molecule has 0 aliphatic heterocycles. The molecule has 0 radical (unpaired) electrons. The zero-order valence-corrected chi connectivity index (χ0v) is 10.4. The van der Waals surface area contributed by atoms with Gasteiger partial charge in [0.15, 0.2) is 11.5 Å². The second kappa shape index (κ2) is 6.20. The molecule has 1 rings (SSSR count). The molecule has 1 aromatic carbocycles. The van der Waals surface area contributed by atoms with Crippen LogP contribution in [0.5, 0.6) is 11.5 Å². The van der Waals surface area contributed by atoms with E-state index in [1.165, 1.54) is 26.4 Å². The maximum absolute atomic E-state index is 13.8.